The summed E-state index contributed by atoms with van der Waals surface area (Å²) in [6, 6.07) is 61.0. The average Bonchev–Trinajstić information content (AvgIpc) is 3.70. The van der Waals surface area contributed by atoms with E-state index in [0.29, 0.717) is 0 Å². The molecule has 0 aliphatic carbocycles. The smallest absolute Gasteiger partial charge is 0.165 e. The van der Waals surface area contributed by atoms with Gasteiger partial charge in [-0.1, -0.05) is 146 Å². The molecule has 4 heteroatoms. The van der Waals surface area contributed by atoms with Crippen molar-refractivity contribution in [3.05, 3.63) is 170 Å². The van der Waals surface area contributed by atoms with E-state index in [1.165, 1.54) is 48.9 Å². The Hall–Kier alpha value is -7.04. The highest BCUT2D eigenvalue weighted by Crippen LogP contribution is 2.47. The van der Waals surface area contributed by atoms with Crippen molar-refractivity contribution in [2.24, 2.45) is 0 Å². The van der Waals surface area contributed by atoms with Gasteiger partial charge < -0.3 is 4.40 Å². The molecule has 4 heterocycles. The molecule has 0 aliphatic rings. The fourth-order valence-corrected chi connectivity index (χ4v) is 8.86. The molecule has 4 aromatic heterocycles. The van der Waals surface area contributed by atoms with E-state index in [4.69, 9.17) is 9.97 Å². The Kier molecular flexibility index (Phi) is 5.47. The monoisotopic (exact) mass is 660 g/mol. The van der Waals surface area contributed by atoms with Gasteiger partial charge in [0, 0.05) is 43.4 Å². The molecule has 0 N–H and O–H groups in total. The van der Waals surface area contributed by atoms with Crippen LogP contribution in [0, 0.1) is 0 Å². The van der Waals surface area contributed by atoms with Crippen molar-refractivity contribution in [1.82, 2.24) is 18.9 Å². The minimum absolute atomic E-state index is 0.817. The SMILES string of the molecule is c1ccc(-c2nc3c(ccc4ccccc43)nc2-n2c3cccc4c3c3c(ccc(-c5ccccc5)c32)c2cccc3c5ccccc5n4c23)cc1. The summed E-state index contributed by atoms with van der Waals surface area (Å²) in [6.45, 7) is 0. The normalized spacial score (nSPS) is 12.2. The Bertz CT molecular complexity index is 3390. The molecule has 240 valence electrons. The fraction of sp³-hybridized carbons (Fsp3) is 0. The third kappa shape index (κ3) is 3.60. The first-order chi connectivity index (χ1) is 25.8. The Morgan fingerprint density at radius 2 is 1.04 bits per heavy atom. The summed E-state index contributed by atoms with van der Waals surface area (Å²) in [4.78, 5) is 11.1. The van der Waals surface area contributed by atoms with Crippen LogP contribution in [-0.4, -0.2) is 18.9 Å². The van der Waals surface area contributed by atoms with Crippen molar-refractivity contribution in [3.63, 3.8) is 0 Å². The maximum atomic E-state index is 5.60. The number of rotatable bonds is 3. The molecule has 0 bridgehead atoms. The van der Waals surface area contributed by atoms with Crippen LogP contribution >= 0.6 is 0 Å². The number of benzene rings is 8. The highest BCUT2D eigenvalue weighted by atomic mass is 15.1. The Morgan fingerprint density at radius 1 is 0.385 bits per heavy atom. The van der Waals surface area contributed by atoms with Gasteiger partial charge in [-0.15, -0.1) is 0 Å². The zero-order chi connectivity index (χ0) is 33.9. The van der Waals surface area contributed by atoms with E-state index in [0.717, 1.165) is 61.0 Å². The minimum atomic E-state index is 0.817. The lowest BCUT2D eigenvalue weighted by Gasteiger charge is -2.16. The average molecular weight is 661 g/mol. The van der Waals surface area contributed by atoms with Crippen LogP contribution < -0.4 is 0 Å². The number of fused-ring (bicyclic) bond motifs is 8. The predicted molar refractivity (Wildman–Crippen MR) is 217 cm³/mol. The molecule has 0 radical (unpaired) electrons. The fourth-order valence-electron chi connectivity index (χ4n) is 8.86. The molecule has 0 amide bonds. The van der Waals surface area contributed by atoms with Crippen molar-refractivity contribution >= 4 is 81.7 Å². The highest BCUT2D eigenvalue weighted by Gasteiger charge is 2.26. The first-order valence-electron chi connectivity index (χ1n) is 17.8. The van der Waals surface area contributed by atoms with Gasteiger partial charge in [0.25, 0.3) is 0 Å². The van der Waals surface area contributed by atoms with E-state index in [1.807, 2.05) is 0 Å². The van der Waals surface area contributed by atoms with Crippen LogP contribution in [0.4, 0.5) is 0 Å². The minimum Gasteiger partial charge on any atom is -0.308 e. The summed E-state index contributed by atoms with van der Waals surface area (Å²) in [5.41, 5.74) is 11.8. The maximum absolute atomic E-state index is 5.60. The zero-order valence-electron chi connectivity index (χ0n) is 28.0. The maximum Gasteiger partial charge on any atom is 0.165 e. The van der Waals surface area contributed by atoms with Gasteiger partial charge in [0.15, 0.2) is 5.82 Å². The van der Waals surface area contributed by atoms with E-state index in [-0.39, 0.29) is 0 Å². The van der Waals surface area contributed by atoms with E-state index in [2.05, 4.69) is 179 Å². The van der Waals surface area contributed by atoms with Crippen LogP contribution in [0.5, 0.6) is 0 Å². The summed E-state index contributed by atoms with van der Waals surface area (Å²) in [5, 5.41) is 9.67. The molecule has 0 unspecified atom stereocenters. The molecule has 0 aliphatic heterocycles. The van der Waals surface area contributed by atoms with Gasteiger partial charge in [0.05, 0.1) is 38.6 Å². The molecular formula is C48H28N4. The number of aromatic nitrogens is 4. The number of hydrogen-bond acceptors (Lipinski definition) is 2. The predicted octanol–water partition coefficient (Wildman–Crippen LogP) is 12.4. The molecular weight excluding hydrogens is 633 g/mol. The highest BCUT2D eigenvalue weighted by molar-refractivity contribution is 6.33. The molecule has 0 saturated heterocycles. The van der Waals surface area contributed by atoms with E-state index in [1.54, 1.807) is 0 Å². The van der Waals surface area contributed by atoms with Crippen molar-refractivity contribution in [2.45, 2.75) is 0 Å². The molecule has 0 fully saturated rings. The molecule has 0 spiro atoms. The molecule has 12 aromatic rings. The molecule has 8 aromatic carbocycles. The van der Waals surface area contributed by atoms with Crippen molar-refractivity contribution < 1.29 is 0 Å². The van der Waals surface area contributed by atoms with Crippen LogP contribution in [0.15, 0.2) is 170 Å². The second-order valence-electron chi connectivity index (χ2n) is 13.7. The zero-order valence-corrected chi connectivity index (χ0v) is 28.0. The summed E-state index contributed by atoms with van der Waals surface area (Å²) < 4.78 is 4.89. The topological polar surface area (TPSA) is 35.1 Å². The number of para-hydroxylation sites is 2. The van der Waals surface area contributed by atoms with Crippen molar-refractivity contribution in [1.29, 1.82) is 0 Å². The van der Waals surface area contributed by atoms with Gasteiger partial charge in [0.2, 0.25) is 0 Å². The van der Waals surface area contributed by atoms with Crippen LogP contribution in [0.25, 0.3) is 110 Å². The lowest BCUT2D eigenvalue weighted by molar-refractivity contribution is 1.08. The Labute approximate surface area is 297 Å². The summed E-state index contributed by atoms with van der Waals surface area (Å²) in [7, 11) is 0. The third-order valence-corrected chi connectivity index (χ3v) is 11.0. The van der Waals surface area contributed by atoms with Crippen LogP contribution in [0.1, 0.15) is 0 Å². The second kappa shape index (κ2) is 10.3. The van der Waals surface area contributed by atoms with E-state index < -0.39 is 0 Å². The van der Waals surface area contributed by atoms with Gasteiger partial charge in [-0.2, -0.15) is 0 Å². The summed E-state index contributed by atoms with van der Waals surface area (Å²) >= 11 is 0. The summed E-state index contributed by atoms with van der Waals surface area (Å²) in [5.74, 6) is 0.817. The molecule has 4 nitrogen and oxygen atoms in total. The third-order valence-electron chi connectivity index (χ3n) is 11.0. The van der Waals surface area contributed by atoms with Crippen LogP contribution in [0.2, 0.25) is 0 Å². The van der Waals surface area contributed by atoms with E-state index in [9.17, 15) is 0 Å². The van der Waals surface area contributed by atoms with Gasteiger partial charge in [-0.3, -0.25) is 4.57 Å². The second-order valence-corrected chi connectivity index (χ2v) is 13.7. The molecule has 0 atom stereocenters. The first kappa shape index (κ1) is 27.7. The van der Waals surface area contributed by atoms with Crippen LogP contribution in [-0.2, 0) is 0 Å². The lowest BCUT2D eigenvalue weighted by Crippen LogP contribution is -2.05. The molecule has 0 saturated carbocycles. The molecule has 12 rings (SSSR count). The van der Waals surface area contributed by atoms with Crippen LogP contribution in [0.3, 0.4) is 0 Å². The number of nitrogens with zero attached hydrogens (tertiary/aromatic N) is 4. The van der Waals surface area contributed by atoms with Gasteiger partial charge in [0.1, 0.15) is 5.69 Å². The largest absolute Gasteiger partial charge is 0.308 e. The van der Waals surface area contributed by atoms with Crippen molar-refractivity contribution in [3.8, 4) is 28.2 Å². The first-order valence-corrected chi connectivity index (χ1v) is 17.8. The Morgan fingerprint density at radius 3 is 1.88 bits per heavy atom. The van der Waals surface area contributed by atoms with Gasteiger partial charge in [-0.25, -0.2) is 9.97 Å². The lowest BCUT2D eigenvalue weighted by atomic mass is 9.97. The quantitative estimate of drug-likeness (QED) is 0.177. The van der Waals surface area contributed by atoms with Gasteiger partial charge >= 0.3 is 0 Å². The van der Waals surface area contributed by atoms with Crippen molar-refractivity contribution in [2.75, 3.05) is 0 Å². The van der Waals surface area contributed by atoms with E-state index >= 15 is 0 Å². The van der Waals surface area contributed by atoms with Gasteiger partial charge in [-0.05, 0) is 40.6 Å². The standard InChI is InChI=1S/C48H28N4/c1-3-13-29(14-4-1)33-26-27-35-37-21-11-20-36-34-19-9-10-22-39(34)51(46(36)37)40-23-12-24-41-43(40)42(35)47(33)52(41)48-44(31-16-5-2-6-17-31)50-45-32-18-8-7-15-30(32)25-28-38(45)49-48/h1-28H. The number of hydrogen-bond donors (Lipinski definition) is 0. The summed E-state index contributed by atoms with van der Waals surface area (Å²) in [6.07, 6.45) is 0. The Balaban J connectivity index is 1.36. The molecule has 52 heavy (non-hydrogen) atoms.